The third-order valence-corrected chi connectivity index (χ3v) is 5.70. The van der Waals surface area contributed by atoms with Crippen molar-refractivity contribution >= 4 is 11.9 Å². The van der Waals surface area contributed by atoms with Crippen LogP contribution in [-0.2, 0) is 24.5 Å². The quantitative estimate of drug-likeness (QED) is 0.833. The molecular formula is C20H24O6. The Kier molecular flexibility index (Phi) is 4.69. The van der Waals surface area contributed by atoms with Gasteiger partial charge in [0.05, 0.1) is 19.8 Å². The number of aliphatic hydroxyl groups is 1. The molecule has 3 atom stereocenters. The van der Waals surface area contributed by atoms with Crippen LogP contribution in [0, 0.1) is 5.92 Å². The molecule has 140 valence electrons. The molecule has 3 rings (SSSR count). The Morgan fingerprint density at radius 1 is 1.27 bits per heavy atom. The van der Waals surface area contributed by atoms with Gasteiger partial charge >= 0.3 is 11.9 Å². The summed E-state index contributed by atoms with van der Waals surface area (Å²) in [6, 6.07) is 5.70. The molecule has 0 bridgehead atoms. The predicted octanol–water partition coefficient (Wildman–Crippen LogP) is 3.36. The number of hydrogen-bond donors (Lipinski definition) is 1. The van der Waals surface area contributed by atoms with Crippen molar-refractivity contribution in [2.24, 2.45) is 5.92 Å². The fraction of sp³-hybridized carbons (Fsp3) is 0.500. The zero-order valence-corrected chi connectivity index (χ0v) is 15.5. The standard InChI is InChI=1S/C20H24O6/c1-11(21)26-17-10-15-18(19(23)25-4)16(22)7-8-20(15,2)14-9-12(24-3)5-6-13(14)17/h5-6,9,15,17,22H,7-8,10H2,1-4H3/t15-,17?,20-/m1/s1. The molecule has 0 fully saturated rings. The van der Waals surface area contributed by atoms with Crippen LogP contribution in [0.5, 0.6) is 5.75 Å². The van der Waals surface area contributed by atoms with Crippen molar-refractivity contribution in [3.8, 4) is 5.75 Å². The highest BCUT2D eigenvalue weighted by molar-refractivity contribution is 5.90. The molecule has 1 N–H and O–H groups in total. The van der Waals surface area contributed by atoms with E-state index in [1.165, 1.54) is 14.0 Å². The first kappa shape index (κ1) is 18.3. The molecule has 1 aromatic carbocycles. The smallest absolute Gasteiger partial charge is 0.337 e. The van der Waals surface area contributed by atoms with Crippen LogP contribution < -0.4 is 4.74 Å². The van der Waals surface area contributed by atoms with E-state index in [0.29, 0.717) is 25.0 Å². The number of carbonyl (C=O) groups is 2. The van der Waals surface area contributed by atoms with E-state index in [2.05, 4.69) is 6.92 Å². The Morgan fingerprint density at radius 3 is 2.62 bits per heavy atom. The predicted molar refractivity (Wildman–Crippen MR) is 93.9 cm³/mol. The van der Waals surface area contributed by atoms with Crippen LogP contribution >= 0.6 is 0 Å². The average molecular weight is 360 g/mol. The number of hydrogen-bond acceptors (Lipinski definition) is 6. The van der Waals surface area contributed by atoms with Gasteiger partial charge in [-0.1, -0.05) is 13.0 Å². The number of benzene rings is 1. The van der Waals surface area contributed by atoms with E-state index < -0.39 is 17.5 Å². The summed E-state index contributed by atoms with van der Waals surface area (Å²) in [6.07, 6.45) is 1.00. The largest absolute Gasteiger partial charge is 0.512 e. The molecule has 0 heterocycles. The van der Waals surface area contributed by atoms with Gasteiger partial charge in [0.15, 0.2) is 0 Å². The minimum atomic E-state index is -0.536. The van der Waals surface area contributed by atoms with Crippen LogP contribution in [0.15, 0.2) is 29.5 Å². The maximum Gasteiger partial charge on any atom is 0.337 e. The highest BCUT2D eigenvalue weighted by Crippen LogP contribution is 2.55. The van der Waals surface area contributed by atoms with E-state index in [0.717, 1.165) is 11.1 Å². The molecule has 0 amide bonds. The fourth-order valence-electron chi connectivity index (χ4n) is 4.37. The number of esters is 2. The van der Waals surface area contributed by atoms with Crippen molar-refractivity contribution in [1.29, 1.82) is 0 Å². The minimum Gasteiger partial charge on any atom is -0.512 e. The molecular weight excluding hydrogens is 336 g/mol. The lowest BCUT2D eigenvalue weighted by atomic mass is 9.57. The van der Waals surface area contributed by atoms with Crippen molar-refractivity contribution in [1.82, 2.24) is 0 Å². The van der Waals surface area contributed by atoms with Gasteiger partial charge in [0, 0.05) is 24.7 Å². The van der Waals surface area contributed by atoms with E-state index in [9.17, 15) is 14.7 Å². The Hall–Kier alpha value is -2.50. The van der Waals surface area contributed by atoms with Crippen LogP contribution in [-0.4, -0.2) is 31.3 Å². The van der Waals surface area contributed by atoms with Gasteiger partial charge in [-0.3, -0.25) is 4.79 Å². The topological polar surface area (TPSA) is 82.1 Å². The summed E-state index contributed by atoms with van der Waals surface area (Å²) < 4.78 is 15.8. The number of aliphatic hydroxyl groups excluding tert-OH is 1. The lowest BCUT2D eigenvalue weighted by molar-refractivity contribution is -0.148. The second-order valence-corrected chi connectivity index (χ2v) is 7.11. The summed E-state index contributed by atoms with van der Waals surface area (Å²) in [5, 5.41) is 10.4. The van der Waals surface area contributed by atoms with Crippen LogP contribution in [0.2, 0.25) is 0 Å². The lowest BCUT2D eigenvalue weighted by Crippen LogP contribution is -2.44. The Morgan fingerprint density at radius 2 is 2.00 bits per heavy atom. The Labute approximate surface area is 152 Å². The molecule has 0 aromatic heterocycles. The number of ether oxygens (including phenoxy) is 3. The molecule has 26 heavy (non-hydrogen) atoms. The van der Waals surface area contributed by atoms with Gasteiger partial charge in [0.2, 0.25) is 0 Å². The van der Waals surface area contributed by atoms with Crippen molar-refractivity contribution in [3.63, 3.8) is 0 Å². The number of methoxy groups -OCH3 is 2. The molecule has 0 saturated carbocycles. The zero-order valence-electron chi connectivity index (χ0n) is 15.5. The van der Waals surface area contributed by atoms with Gasteiger partial charge in [0.25, 0.3) is 0 Å². The van der Waals surface area contributed by atoms with Crippen LogP contribution in [0.1, 0.15) is 50.3 Å². The zero-order chi connectivity index (χ0) is 19.1. The van der Waals surface area contributed by atoms with Crippen molar-refractivity contribution in [2.75, 3.05) is 14.2 Å². The highest BCUT2D eigenvalue weighted by atomic mass is 16.5. The van der Waals surface area contributed by atoms with Crippen molar-refractivity contribution < 1.29 is 28.9 Å². The van der Waals surface area contributed by atoms with Crippen molar-refractivity contribution in [2.45, 2.75) is 44.6 Å². The van der Waals surface area contributed by atoms with E-state index in [1.807, 2.05) is 18.2 Å². The summed E-state index contributed by atoms with van der Waals surface area (Å²) in [6.45, 7) is 3.45. The third-order valence-electron chi connectivity index (χ3n) is 5.70. The molecule has 1 aromatic rings. The van der Waals surface area contributed by atoms with Gasteiger partial charge in [0.1, 0.15) is 17.6 Å². The number of allylic oxidation sites excluding steroid dienone is 1. The van der Waals surface area contributed by atoms with Crippen molar-refractivity contribution in [3.05, 3.63) is 40.7 Å². The maximum absolute atomic E-state index is 12.4. The second-order valence-electron chi connectivity index (χ2n) is 7.11. The molecule has 2 aliphatic carbocycles. The van der Waals surface area contributed by atoms with Gasteiger partial charge in [-0.25, -0.2) is 4.79 Å². The number of fused-ring (bicyclic) bond motifs is 3. The van der Waals surface area contributed by atoms with E-state index in [4.69, 9.17) is 14.2 Å². The number of carbonyl (C=O) groups excluding carboxylic acids is 2. The Balaban J connectivity index is 2.18. The minimum absolute atomic E-state index is 0.0623. The van der Waals surface area contributed by atoms with E-state index >= 15 is 0 Å². The first-order valence-electron chi connectivity index (χ1n) is 8.67. The lowest BCUT2D eigenvalue weighted by Gasteiger charge is -2.48. The number of rotatable bonds is 3. The first-order chi connectivity index (χ1) is 12.3. The molecule has 0 radical (unpaired) electrons. The summed E-state index contributed by atoms with van der Waals surface area (Å²) >= 11 is 0. The fourth-order valence-corrected chi connectivity index (χ4v) is 4.37. The van der Waals surface area contributed by atoms with E-state index in [-0.39, 0.29) is 23.2 Å². The summed E-state index contributed by atoms with van der Waals surface area (Å²) in [5.41, 5.74) is 1.79. The molecule has 1 unspecified atom stereocenters. The molecule has 6 heteroatoms. The molecule has 0 aliphatic heterocycles. The molecule has 0 spiro atoms. The average Bonchev–Trinajstić information content (AvgIpc) is 2.62. The normalized spacial score (nSPS) is 27.2. The third kappa shape index (κ3) is 2.83. The molecule has 2 aliphatic rings. The maximum atomic E-state index is 12.4. The second kappa shape index (κ2) is 6.67. The monoisotopic (exact) mass is 360 g/mol. The van der Waals surface area contributed by atoms with Crippen LogP contribution in [0.25, 0.3) is 0 Å². The van der Waals surface area contributed by atoms with E-state index in [1.54, 1.807) is 7.11 Å². The van der Waals surface area contributed by atoms with Crippen LogP contribution in [0.4, 0.5) is 0 Å². The summed E-state index contributed by atoms with van der Waals surface area (Å²) in [7, 11) is 2.90. The molecule has 6 nitrogen and oxygen atoms in total. The summed E-state index contributed by atoms with van der Waals surface area (Å²) in [5.74, 6) is -0.471. The van der Waals surface area contributed by atoms with Gasteiger partial charge < -0.3 is 19.3 Å². The van der Waals surface area contributed by atoms with Gasteiger partial charge in [-0.15, -0.1) is 0 Å². The first-order valence-corrected chi connectivity index (χ1v) is 8.67. The SMILES string of the molecule is COC(=O)C1=C(O)CC[C@]2(C)c3cc(OC)ccc3C(OC(C)=O)C[C@H]12. The van der Waals surface area contributed by atoms with Gasteiger partial charge in [-0.05, 0) is 36.1 Å². The van der Waals surface area contributed by atoms with Crippen LogP contribution in [0.3, 0.4) is 0 Å². The highest BCUT2D eigenvalue weighted by Gasteiger charge is 2.51. The summed E-state index contributed by atoms with van der Waals surface area (Å²) in [4.78, 5) is 24.0. The van der Waals surface area contributed by atoms with Gasteiger partial charge in [-0.2, -0.15) is 0 Å². The Bertz CT molecular complexity index is 781. The molecule has 0 saturated heterocycles.